The summed E-state index contributed by atoms with van der Waals surface area (Å²) in [5.41, 5.74) is 2.69. The summed E-state index contributed by atoms with van der Waals surface area (Å²) in [6.45, 7) is 2.03. The Labute approximate surface area is 128 Å². The smallest absolute Gasteiger partial charge is 0.142 e. The highest BCUT2D eigenvalue weighted by Crippen LogP contribution is 2.33. The first-order valence-corrected chi connectivity index (χ1v) is 7.60. The third kappa shape index (κ3) is 2.64. The zero-order chi connectivity index (χ0) is 14.1. The summed E-state index contributed by atoms with van der Waals surface area (Å²) < 4.78 is 13.9. The molecule has 0 bridgehead atoms. The molecule has 0 unspecified atom stereocenters. The largest absolute Gasteiger partial charge is 0.251 e. The van der Waals surface area contributed by atoms with Crippen LogP contribution in [0.25, 0.3) is 22.0 Å². The molecule has 3 rings (SSSR count). The number of thiazole rings is 1. The molecule has 20 heavy (non-hydrogen) atoms. The van der Waals surface area contributed by atoms with Crippen LogP contribution in [-0.2, 0) is 0 Å². The van der Waals surface area contributed by atoms with Crippen LogP contribution in [0.2, 0.25) is 0 Å². The van der Waals surface area contributed by atoms with Gasteiger partial charge in [-0.25, -0.2) is 9.37 Å². The first-order valence-electron chi connectivity index (χ1n) is 5.99. The molecular formula is C15H10BrFN2S. The Balaban J connectivity index is 2.05. The lowest BCUT2D eigenvalue weighted by molar-refractivity contribution is 0.622. The summed E-state index contributed by atoms with van der Waals surface area (Å²) >= 11 is 5.03. The van der Waals surface area contributed by atoms with Crippen molar-refractivity contribution in [3.63, 3.8) is 0 Å². The third-order valence-electron chi connectivity index (χ3n) is 2.84. The molecule has 0 N–H and O–H groups in total. The average molecular weight is 349 g/mol. The summed E-state index contributed by atoms with van der Waals surface area (Å²) in [6, 6.07) is 11.1. The van der Waals surface area contributed by atoms with Crippen molar-refractivity contribution in [1.82, 2.24) is 9.97 Å². The predicted octanol–water partition coefficient (Wildman–Crippen LogP) is 5.08. The molecule has 0 saturated carbocycles. The fourth-order valence-electron chi connectivity index (χ4n) is 1.91. The van der Waals surface area contributed by atoms with Crippen molar-refractivity contribution in [2.75, 3.05) is 0 Å². The molecule has 0 radical (unpaired) electrons. The fourth-order valence-corrected chi connectivity index (χ4v) is 3.22. The van der Waals surface area contributed by atoms with E-state index in [9.17, 15) is 4.39 Å². The van der Waals surface area contributed by atoms with Gasteiger partial charge >= 0.3 is 0 Å². The van der Waals surface area contributed by atoms with Crippen LogP contribution in [0.1, 0.15) is 4.88 Å². The van der Waals surface area contributed by atoms with Crippen molar-refractivity contribution in [3.8, 4) is 22.0 Å². The van der Waals surface area contributed by atoms with Crippen molar-refractivity contribution >= 4 is 27.3 Å². The van der Waals surface area contributed by atoms with Crippen LogP contribution in [0, 0.1) is 12.7 Å². The van der Waals surface area contributed by atoms with Crippen LogP contribution in [-0.4, -0.2) is 9.97 Å². The van der Waals surface area contributed by atoms with Gasteiger partial charge in [0.25, 0.3) is 0 Å². The second kappa shape index (κ2) is 5.42. The second-order valence-corrected chi connectivity index (χ2v) is 6.41. The molecular weight excluding hydrogens is 339 g/mol. The number of nitrogens with zero attached hydrogens (tertiary/aromatic N) is 2. The minimum absolute atomic E-state index is 0.339. The molecule has 0 saturated heterocycles. The summed E-state index contributed by atoms with van der Waals surface area (Å²) in [7, 11) is 0. The molecule has 5 heteroatoms. The Kier molecular flexibility index (Phi) is 3.63. The molecule has 0 fully saturated rings. The summed E-state index contributed by atoms with van der Waals surface area (Å²) in [4.78, 5) is 9.83. The molecule has 3 aromatic rings. The average Bonchev–Trinajstić information content (AvgIpc) is 2.82. The second-order valence-electron chi connectivity index (χ2n) is 4.30. The van der Waals surface area contributed by atoms with Gasteiger partial charge in [0.05, 0.1) is 17.6 Å². The van der Waals surface area contributed by atoms with E-state index >= 15 is 0 Å². The van der Waals surface area contributed by atoms with Crippen LogP contribution in [0.4, 0.5) is 4.39 Å². The maximum absolute atomic E-state index is 12.9. The molecule has 0 amide bonds. The molecule has 0 aliphatic rings. The summed E-state index contributed by atoms with van der Waals surface area (Å²) in [5.74, 6) is -0.339. The zero-order valence-electron chi connectivity index (χ0n) is 10.6. The third-order valence-corrected chi connectivity index (χ3v) is 4.33. The maximum atomic E-state index is 12.9. The molecule has 0 spiro atoms. The number of halogens is 2. The Bertz CT molecular complexity index is 753. The van der Waals surface area contributed by atoms with Crippen LogP contribution in [0.3, 0.4) is 0 Å². The lowest BCUT2D eigenvalue weighted by Crippen LogP contribution is -1.85. The molecule has 0 aliphatic heterocycles. The molecule has 2 nitrogen and oxygen atoms in total. The Morgan fingerprint density at radius 2 is 2.05 bits per heavy atom. The van der Waals surface area contributed by atoms with Gasteiger partial charge < -0.3 is 0 Å². The number of benzene rings is 1. The van der Waals surface area contributed by atoms with Crippen molar-refractivity contribution in [3.05, 3.63) is 57.8 Å². The van der Waals surface area contributed by atoms with E-state index in [-0.39, 0.29) is 5.82 Å². The summed E-state index contributed by atoms with van der Waals surface area (Å²) in [5, 5.41) is 0.803. The molecule has 2 aromatic heterocycles. The van der Waals surface area contributed by atoms with Gasteiger partial charge in [-0.05, 0) is 31.2 Å². The van der Waals surface area contributed by atoms with Crippen LogP contribution < -0.4 is 0 Å². The van der Waals surface area contributed by atoms with Crippen molar-refractivity contribution in [1.29, 1.82) is 0 Å². The Morgan fingerprint density at radius 1 is 1.20 bits per heavy atom. The van der Waals surface area contributed by atoms with Crippen molar-refractivity contribution < 1.29 is 4.39 Å². The predicted molar refractivity (Wildman–Crippen MR) is 83.2 cm³/mol. The molecule has 0 aliphatic carbocycles. The quantitative estimate of drug-likeness (QED) is 0.645. The highest BCUT2D eigenvalue weighted by atomic mass is 79.9. The minimum Gasteiger partial charge on any atom is -0.251 e. The number of pyridine rings is 1. The van der Waals surface area contributed by atoms with E-state index in [1.165, 1.54) is 12.3 Å². The molecule has 0 atom stereocenters. The summed E-state index contributed by atoms with van der Waals surface area (Å²) in [6.07, 6.45) is 1.21. The normalized spacial score (nSPS) is 10.8. The van der Waals surface area contributed by atoms with E-state index in [4.69, 9.17) is 0 Å². The molecule has 100 valence electrons. The van der Waals surface area contributed by atoms with E-state index < -0.39 is 0 Å². The number of aryl methyl sites for hydroxylation is 1. The van der Waals surface area contributed by atoms with Gasteiger partial charge in [-0.1, -0.05) is 28.1 Å². The monoisotopic (exact) mass is 348 g/mol. The van der Waals surface area contributed by atoms with Crippen LogP contribution >= 0.6 is 27.3 Å². The topological polar surface area (TPSA) is 25.8 Å². The van der Waals surface area contributed by atoms with Crippen molar-refractivity contribution in [2.45, 2.75) is 6.92 Å². The fraction of sp³-hybridized carbons (Fsp3) is 0.0667. The van der Waals surface area contributed by atoms with E-state index in [1.54, 1.807) is 17.4 Å². The number of hydrogen-bond donors (Lipinski definition) is 0. The van der Waals surface area contributed by atoms with E-state index in [0.29, 0.717) is 5.69 Å². The standard InChI is InChI=1S/C15H10BrFN2S/c1-9-14(10-3-2-4-11(16)7-10)19-15(20-9)13-6-5-12(17)8-18-13/h2-8H,1H3. The number of rotatable bonds is 2. The van der Waals surface area contributed by atoms with E-state index in [2.05, 4.69) is 25.9 Å². The zero-order valence-corrected chi connectivity index (χ0v) is 13.0. The highest BCUT2D eigenvalue weighted by molar-refractivity contribution is 9.10. The van der Waals surface area contributed by atoms with Gasteiger partial charge in [0.2, 0.25) is 0 Å². The number of aromatic nitrogens is 2. The van der Waals surface area contributed by atoms with Gasteiger partial charge in [0.1, 0.15) is 10.8 Å². The lowest BCUT2D eigenvalue weighted by atomic mass is 10.1. The minimum atomic E-state index is -0.339. The van der Waals surface area contributed by atoms with Gasteiger partial charge in [-0.2, -0.15) is 0 Å². The Hall–Kier alpha value is -1.59. The van der Waals surface area contributed by atoms with Gasteiger partial charge in [0, 0.05) is 14.9 Å². The Morgan fingerprint density at radius 3 is 2.75 bits per heavy atom. The molecule has 1 aromatic carbocycles. The van der Waals surface area contributed by atoms with Crippen molar-refractivity contribution in [2.24, 2.45) is 0 Å². The molecule has 2 heterocycles. The number of hydrogen-bond acceptors (Lipinski definition) is 3. The first kappa shape index (κ1) is 13.4. The van der Waals surface area contributed by atoms with Gasteiger partial charge in [-0.3, -0.25) is 4.98 Å². The highest BCUT2D eigenvalue weighted by Gasteiger charge is 2.12. The lowest BCUT2D eigenvalue weighted by Gasteiger charge is -1.99. The van der Waals surface area contributed by atoms with Gasteiger partial charge in [0.15, 0.2) is 0 Å². The maximum Gasteiger partial charge on any atom is 0.142 e. The first-order chi connectivity index (χ1) is 9.63. The van der Waals surface area contributed by atoms with Crippen LogP contribution in [0.5, 0.6) is 0 Å². The SMILES string of the molecule is Cc1sc(-c2ccc(F)cn2)nc1-c1cccc(Br)c1. The van der Waals surface area contributed by atoms with Crippen LogP contribution in [0.15, 0.2) is 47.1 Å². The van der Waals surface area contributed by atoms with E-state index in [0.717, 1.165) is 25.6 Å². The van der Waals surface area contributed by atoms with E-state index in [1.807, 2.05) is 31.2 Å². The van der Waals surface area contributed by atoms with Gasteiger partial charge in [-0.15, -0.1) is 11.3 Å².